The first kappa shape index (κ1) is 16.5. The fraction of sp³-hybridized carbons (Fsp3) is 0.529. The zero-order valence-electron chi connectivity index (χ0n) is 13.8. The van der Waals surface area contributed by atoms with Crippen LogP contribution in [0.3, 0.4) is 0 Å². The summed E-state index contributed by atoms with van der Waals surface area (Å²) in [7, 11) is 0. The molecule has 1 atom stereocenters. The normalized spacial score (nSPS) is 20.9. The second kappa shape index (κ2) is 7.07. The number of hydrogen-bond acceptors (Lipinski definition) is 4. The van der Waals surface area contributed by atoms with Gasteiger partial charge in [0.05, 0.1) is 24.5 Å². The summed E-state index contributed by atoms with van der Waals surface area (Å²) in [5.41, 5.74) is 1.06. The molecule has 0 radical (unpaired) electrons. The molecule has 0 aliphatic carbocycles. The molecule has 1 aromatic carbocycles. The van der Waals surface area contributed by atoms with Gasteiger partial charge in [0.15, 0.2) is 0 Å². The quantitative estimate of drug-likeness (QED) is 0.917. The van der Waals surface area contributed by atoms with Crippen LogP contribution in [0.25, 0.3) is 0 Å². The summed E-state index contributed by atoms with van der Waals surface area (Å²) in [5, 5.41) is 2.62. The minimum Gasteiger partial charge on any atom is -0.442 e. The summed E-state index contributed by atoms with van der Waals surface area (Å²) in [4.78, 5) is 26.4. The number of carbonyl (C=O) groups excluding carboxylic acids is 2. The highest BCUT2D eigenvalue weighted by molar-refractivity contribution is 5.90. The lowest BCUT2D eigenvalue weighted by Crippen LogP contribution is -2.33. The first-order valence-corrected chi connectivity index (χ1v) is 8.31. The molecule has 2 heterocycles. The SMILES string of the molecule is CC(=O)NCC1CN(c2ccc(N3CCCCC3)c(F)c2)C(=O)O1. The number of hydrogen-bond donors (Lipinski definition) is 1. The van der Waals surface area contributed by atoms with Crippen LogP contribution in [0.2, 0.25) is 0 Å². The number of nitrogens with one attached hydrogen (secondary N) is 1. The second-order valence-corrected chi connectivity index (χ2v) is 6.24. The van der Waals surface area contributed by atoms with E-state index in [9.17, 15) is 14.0 Å². The number of amides is 2. The van der Waals surface area contributed by atoms with E-state index in [-0.39, 0.29) is 18.3 Å². The number of halogens is 1. The van der Waals surface area contributed by atoms with Crippen LogP contribution in [-0.4, -0.2) is 44.3 Å². The second-order valence-electron chi connectivity index (χ2n) is 6.24. The van der Waals surface area contributed by atoms with E-state index in [4.69, 9.17) is 4.74 Å². The first-order valence-electron chi connectivity index (χ1n) is 8.31. The standard InChI is InChI=1S/C17H22FN3O3/c1-12(22)19-10-14-11-21(17(23)24-14)13-5-6-16(15(18)9-13)20-7-3-2-4-8-20/h5-6,9,14H,2-4,7-8,10-11H2,1H3,(H,19,22). The molecule has 0 bridgehead atoms. The fourth-order valence-electron chi connectivity index (χ4n) is 3.15. The van der Waals surface area contributed by atoms with E-state index >= 15 is 0 Å². The third-order valence-corrected chi connectivity index (χ3v) is 4.39. The first-order chi connectivity index (χ1) is 11.5. The van der Waals surface area contributed by atoms with Crippen molar-refractivity contribution in [3.05, 3.63) is 24.0 Å². The van der Waals surface area contributed by atoms with Crippen LogP contribution in [-0.2, 0) is 9.53 Å². The van der Waals surface area contributed by atoms with Crippen molar-refractivity contribution in [1.82, 2.24) is 5.32 Å². The van der Waals surface area contributed by atoms with Gasteiger partial charge in [-0.3, -0.25) is 9.69 Å². The molecule has 2 saturated heterocycles. The van der Waals surface area contributed by atoms with E-state index in [2.05, 4.69) is 5.32 Å². The Bertz CT molecular complexity index is 632. The highest BCUT2D eigenvalue weighted by Crippen LogP contribution is 2.29. The van der Waals surface area contributed by atoms with E-state index < -0.39 is 12.2 Å². The number of carbonyl (C=O) groups is 2. The molecule has 2 fully saturated rings. The van der Waals surface area contributed by atoms with Gasteiger partial charge in [-0.25, -0.2) is 9.18 Å². The van der Waals surface area contributed by atoms with Crippen molar-refractivity contribution in [1.29, 1.82) is 0 Å². The van der Waals surface area contributed by atoms with Crippen molar-refractivity contribution in [2.24, 2.45) is 0 Å². The topological polar surface area (TPSA) is 61.9 Å². The number of cyclic esters (lactones) is 1. The fourth-order valence-corrected chi connectivity index (χ4v) is 3.15. The lowest BCUT2D eigenvalue weighted by atomic mass is 10.1. The van der Waals surface area contributed by atoms with E-state index in [0.717, 1.165) is 25.9 Å². The van der Waals surface area contributed by atoms with Gasteiger partial charge in [-0.2, -0.15) is 0 Å². The Balaban J connectivity index is 1.69. The van der Waals surface area contributed by atoms with Crippen LogP contribution in [0, 0.1) is 5.82 Å². The predicted octanol–water partition coefficient (Wildman–Crippen LogP) is 2.28. The lowest BCUT2D eigenvalue weighted by molar-refractivity contribution is -0.119. The summed E-state index contributed by atoms with van der Waals surface area (Å²) in [5.74, 6) is -0.506. The number of nitrogens with zero attached hydrogens (tertiary/aromatic N) is 2. The van der Waals surface area contributed by atoms with Crippen LogP contribution in [0.15, 0.2) is 18.2 Å². The van der Waals surface area contributed by atoms with Crippen LogP contribution in [0.1, 0.15) is 26.2 Å². The third kappa shape index (κ3) is 3.60. The maximum absolute atomic E-state index is 14.5. The molecule has 3 rings (SSSR count). The minimum atomic E-state index is -0.518. The van der Waals surface area contributed by atoms with Crippen molar-refractivity contribution in [2.45, 2.75) is 32.3 Å². The average Bonchev–Trinajstić information content (AvgIpc) is 2.94. The smallest absolute Gasteiger partial charge is 0.414 e. The van der Waals surface area contributed by atoms with Crippen molar-refractivity contribution in [3.8, 4) is 0 Å². The van der Waals surface area contributed by atoms with Crippen LogP contribution in [0.4, 0.5) is 20.6 Å². The van der Waals surface area contributed by atoms with Gasteiger partial charge in [-0.1, -0.05) is 0 Å². The Morgan fingerprint density at radius 1 is 1.33 bits per heavy atom. The largest absolute Gasteiger partial charge is 0.442 e. The molecule has 0 aromatic heterocycles. The van der Waals surface area contributed by atoms with E-state index in [1.54, 1.807) is 12.1 Å². The molecule has 1 aromatic rings. The third-order valence-electron chi connectivity index (χ3n) is 4.39. The maximum atomic E-state index is 14.5. The Kier molecular flexibility index (Phi) is 4.87. The molecule has 6 nitrogen and oxygen atoms in total. The summed E-state index contributed by atoms with van der Waals surface area (Å²) >= 11 is 0. The number of anilines is 2. The van der Waals surface area contributed by atoms with Gasteiger partial charge in [0, 0.05) is 20.0 Å². The van der Waals surface area contributed by atoms with Gasteiger partial charge in [-0.15, -0.1) is 0 Å². The van der Waals surface area contributed by atoms with Gasteiger partial charge in [0.1, 0.15) is 11.9 Å². The molecule has 7 heteroatoms. The summed E-state index contributed by atoms with van der Waals surface area (Å²) in [6.07, 6.45) is 2.39. The molecule has 2 aliphatic rings. The molecule has 0 saturated carbocycles. The molecule has 0 spiro atoms. The van der Waals surface area contributed by atoms with E-state index in [1.165, 1.54) is 24.3 Å². The molecule has 24 heavy (non-hydrogen) atoms. The van der Waals surface area contributed by atoms with Crippen molar-refractivity contribution in [3.63, 3.8) is 0 Å². The molecule has 2 aliphatic heterocycles. The Morgan fingerprint density at radius 2 is 2.08 bits per heavy atom. The molecule has 130 valence electrons. The number of piperidine rings is 1. The minimum absolute atomic E-state index is 0.179. The molecular formula is C17H22FN3O3. The summed E-state index contributed by atoms with van der Waals surface area (Å²) in [6, 6.07) is 4.85. The van der Waals surface area contributed by atoms with Crippen molar-refractivity contribution < 1.29 is 18.7 Å². The number of ether oxygens (including phenoxy) is 1. The molecular weight excluding hydrogens is 313 g/mol. The lowest BCUT2D eigenvalue weighted by Gasteiger charge is -2.29. The van der Waals surface area contributed by atoms with Gasteiger partial charge in [0.2, 0.25) is 5.91 Å². The van der Waals surface area contributed by atoms with E-state index in [0.29, 0.717) is 17.9 Å². The average molecular weight is 335 g/mol. The van der Waals surface area contributed by atoms with Gasteiger partial charge in [0.25, 0.3) is 0 Å². The summed E-state index contributed by atoms with van der Waals surface area (Å²) in [6.45, 7) is 3.68. The van der Waals surface area contributed by atoms with Gasteiger partial charge < -0.3 is 15.0 Å². The monoisotopic (exact) mass is 335 g/mol. The highest BCUT2D eigenvalue weighted by Gasteiger charge is 2.32. The van der Waals surface area contributed by atoms with Crippen LogP contribution < -0.4 is 15.1 Å². The summed E-state index contributed by atoms with van der Waals surface area (Å²) < 4.78 is 19.7. The Hall–Kier alpha value is -2.31. The molecule has 1 unspecified atom stereocenters. The molecule has 2 amide bonds. The number of benzene rings is 1. The van der Waals surface area contributed by atoms with Gasteiger partial charge in [-0.05, 0) is 37.5 Å². The zero-order chi connectivity index (χ0) is 17.1. The van der Waals surface area contributed by atoms with Crippen LogP contribution in [0.5, 0.6) is 0 Å². The number of rotatable bonds is 4. The van der Waals surface area contributed by atoms with Crippen LogP contribution >= 0.6 is 0 Å². The Morgan fingerprint density at radius 3 is 2.75 bits per heavy atom. The maximum Gasteiger partial charge on any atom is 0.414 e. The van der Waals surface area contributed by atoms with Crippen molar-refractivity contribution >= 4 is 23.4 Å². The zero-order valence-corrected chi connectivity index (χ0v) is 13.8. The van der Waals surface area contributed by atoms with Gasteiger partial charge >= 0.3 is 6.09 Å². The Labute approximate surface area is 140 Å². The predicted molar refractivity (Wildman–Crippen MR) is 88.8 cm³/mol. The van der Waals surface area contributed by atoms with E-state index in [1.807, 2.05) is 4.90 Å². The van der Waals surface area contributed by atoms with Crippen molar-refractivity contribution in [2.75, 3.05) is 36.0 Å². The highest BCUT2D eigenvalue weighted by atomic mass is 19.1. The molecule has 1 N–H and O–H groups in total.